The average Bonchev–Trinajstić information content (AvgIpc) is 3.30. The zero-order valence-corrected chi connectivity index (χ0v) is 20.8. The third-order valence-corrected chi connectivity index (χ3v) is 7.50. The van der Waals surface area contributed by atoms with Crippen LogP contribution in [0.5, 0.6) is 5.75 Å². The van der Waals surface area contributed by atoms with E-state index in [-0.39, 0.29) is 0 Å². The zero-order valence-electron chi connectivity index (χ0n) is 20.0. The first-order valence-electron chi connectivity index (χ1n) is 12.3. The van der Waals surface area contributed by atoms with Crippen LogP contribution < -0.4 is 10.1 Å². The van der Waals surface area contributed by atoms with Gasteiger partial charge in [-0.25, -0.2) is 19.9 Å². The van der Waals surface area contributed by atoms with E-state index in [1.807, 2.05) is 6.20 Å². The molecule has 178 valence electrons. The molecule has 0 amide bonds. The lowest BCUT2D eigenvalue weighted by Gasteiger charge is -2.17. The number of hydrogen-bond acceptors (Lipinski definition) is 8. The molecule has 0 radical (unpaired) electrons. The molecular formula is C27H28N6OS. The number of nitrogens with one attached hydrogen (secondary N) is 1. The van der Waals surface area contributed by atoms with Crippen LogP contribution in [0.3, 0.4) is 0 Å². The van der Waals surface area contributed by atoms with Gasteiger partial charge < -0.3 is 10.1 Å². The second kappa shape index (κ2) is 9.34. The second-order valence-corrected chi connectivity index (χ2v) is 10.5. The average molecular weight is 485 g/mol. The smallest absolute Gasteiger partial charge is 0.183 e. The van der Waals surface area contributed by atoms with E-state index in [2.05, 4.69) is 52.3 Å². The minimum absolute atomic E-state index is 0.332. The van der Waals surface area contributed by atoms with E-state index < -0.39 is 0 Å². The van der Waals surface area contributed by atoms with Crippen LogP contribution in [0.1, 0.15) is 49.7 Å². The Morgan fingerprint density at radius 2 is 1.63 bits per heavy atom. The number of aromatic nitrogens is 5. The van der Waals surface area contributed by atoms with Crippen LogP contribution in [0.2, 0.25) is 0 Å². The molecule has 0 saturated heterocycles. The maximum Gasteiger partial charge on any atom is 0.183 e. The van der Waals surface area contributed by atoms with E-state index in [9.17, 15) is 0 Å². The van der Waals surface area contributed by atoms with Gasteiger partial charge in [0, 0.05) is 30.2 Å². The Hall–Kier alpha value is -3.39. The number of aryl methyl sites for hydroxylation is 2. The first-order valence-corrected chi connectivity index (χ1v) is 13.1. The summed E-state index contributed by atoms with van der Waals surface area (Å²) in [4.78, 5) is 24.0. The van der Waals surface area contributed by atoms with Gasteiger partial charge >= 0.3 is 0 Å². The van der Waals surface area contributed by atoms with Crippen LogP contribution in [-0.4, -0.2) is 37.1 Å². The molecule has 0 aliphatic heterocycles. The molecule has 8 heteroatoms. The molecule has 3 heterocycles. The first kappa shape index (κ1) is 22.1. The molecule has 0 bridgehead atoms. The number of nitrogens with zero attached hydrogens (tertiary/aromatic N) is 5. The fraction of sp³-hybridized carbons (Fsp3) is 0.370. The number of ether oxygens (including phenoxy) is 1. The highest BCUT2D eigenvalue weighted by atomic mass is 32.1. The van der Waals surface area contributed by atoms with Gasteiger partial charge in [0.25, 0.3) is 0 Å². The number of thiazole rings is 1. The normalized spacial score (nSPS) is 15.9. The van der Waals surface area contributed by atoms with Crippen molar-refractivity contribution in [3.63, 3.8) is 0 Å². The molecule has 4 aromatic rings. The van der Waals surface area contributed by atoms with Crippen molar-refractivity contribution in [3.05, 3.63) is 54.1 Å². The van der Waals surface area contributed by atoms with Crippen molar-refractivity contribution in [2.45, 2.75) is 64.5 Å². The summed E-state index contributed by atoms with van der Waals surface area (Å²) < 4.78 is 6.29. The number of hydrogen-bond donors (Lipinski definition) is 1. The third-order valence-electron chi connectivity index (χ3n) is 6.55. The van der Waals surface area contributed by atoms with Crippen molar-refractivity contribution in [1.29, 1.82) is 0 Å². The molecule has 2 fully saturated rings. The summed E-state index contributed by atoms with van der Waals surface area (Å²) in [7, 11) is 0. The lowest BCUT2D eigenvalue weighted by molar-refractivity contribution is 0.210. The Morgan fingerprint density at radius 3 is 2.34 bits per heavy atom. The molecule has 3 aromatic heterocycles. The van der Waals surface area contributed by atoms with Gasteiger partial charge in [-0.3, -0.25) is 4.98 Å². The predicted octanol–water partition coefficient (Wildman–Crippen LogP) is 6.24. The fourth-order valence-electron chi connectivity index (χ4n) is 4.69. The predicted molar refractivity (Wildman–Crippen MR) is 139 cm³/mol. The van der Waals surface area contributed by atoms with Crippen LogP contribution in [0.25, 0.3) is 33.3 Å². The number of anilines is 1. The number of rotatable bonds is 7. The van der Waals surface area contributed by atoms with Gasteiger partial charge in [0.15, 0.2) is 11.0 Å². The summed E-state index contributed by atoms with van der Waals surface area (Å²) in [5.74, 6) is 1.50. The van der Waals surface area contributed by atoms with Crippen molar-refractivity contribution in [2.75, 3.05) is 5.32 Å². The van der Waals surface area contributed by atoms with Crippen LogP contribution in [0.15, 0.2) is 43.0 Å². The maximum absolute atomic E-state index is 6.29. The van der Waals surface area contributed by atoms with Crippen LogP contribution in [0.4, 0.5) is 5.13 Å². The molecule has 6 rings (SSSR count). The van der Waals surface area contributed by atoms with Gasteiger partial charge in [-0.2, -0.15) is 0 Å². The van der Waals surface area contributed by atoms with Gasteiger partial charge in [-0.1, -0.05) is 11.3 Å². The van der Waals surface area contributed by atoms with Crippen molar-refractivity contribution in [2.24, 2.45) is 0 Å². The maximum atomic E-state index is 6.29. The highest BCUT2D eigenvalue weighted by Crippen LogP contribution is 2.37. The highest BCUT2D eigenvalue weighted by molar-refractivity contribution is 7.18. The fourth-order valence-corrected chi connectivity index (χ4v) is 5.54. The molecule has 2 aliphatic carbocycles. The Balaban J connectivity index is 1.41. The van der Waals surface area contributed by atoms with Gasteiger partial charge in [0.05, 0.1) is 28.6 Å². The molecule has 0 unspecified atom stereocenters. The van der Waals surface area contributed by atoms with Gasteiger partial charge in [-0.05, 0) is 81.7 Å². The van der Waals surface area contributed by atoms with E-state index in [1.54, 1.807) is 29.9 Å². The molecule has 1 N–H and O–H groups in total. The summed E-state index contributed by atoms with van der Waals surface area (Å²) in [6.45, 7) is 4.25. The van der Waals surface area contributed by atoms with Crippen LogP contribution >= 0.6 is 11.3 Å². The lowest BCUT2D eigenvalue weighted by atomic mass is 9.98. The van der Waals surface area contributed by atoms with Crippen molar-refractivity contribution in [1.82, 2.24) is 24.9 Å². The summed E-state index contributed by atoms with van der Waals surface area (Å²) >= 11 is 1.62. The van der Waals surface area contributed by atoms with E-state index in [4.69, 9.17) is 14.7 Å². The van der Waals surface area contributed by atoms with Gasteiger partial charge in [0.2, 0.25) is 0 Å². The molecule has 7 nitrogen and oxygen atoms in total. The monoisotopic (exact) mass is 484 g/mol. The molecule has 2 saturated carbocycles. The SMILES string of the molecule is Cc1cc(OC2CCCC2)cc(C)c1-c1cc(-c2cnc(NC3CC3)s2)nc(-c2cnccn2)n1. The molecule has 1 aromatic carbocycles. The highest BCUT2D eigenvalue weighted by Gasteiger charge is 2.23. The van der Waals surface area contributed by atoms with Crippen molar-refractivity contribution in [3.8, 4) is 39.1 Å². The van der Waals surface area contributed by atoms with E-state index in [0.29, 0.717) is 23.7 Å². The Labute approximate surface area is 209 Å². The third kappa shape index (κ3) is 4.89. The number of benzene rings is 1. The topological polar surface area (TPSA) is 85.7 Å². The van der Waals surface area contributed by atoms with E-state index in [1.165, 1.54) is 25.7 Å². The Kier molecular flexibility index (Phi) is 5.90. The summed E-state index contributed by atoms with van der Waals surface area (Å²) in [6.07, 6.45) is 14.5. The molecule has 2 aliphatic rings. The standard InChI is InChI=1S/C27H28N6OS/c1-16-11-20(34-19-5-3-4-6-19)12-17(2)25(16)22-13-21(24-15-30-27(35-24)31-18-7-8-18)32-26(33-22)23-14-28-9-10-29-23/h9-15,18-19H,3-8H2,1-2H3,(H,30,31). The summed E-state index contributed by atoms with van der Waals surface area (Å²) in [5, 5.41) is 4.42. The Bertz CT molecular complexity index is 1320. The van der Waals surface area contributed by atoms with E-state index >= 15 is 0 Å². The molecular weight excluding hydrogens is 456 g/mol. The van der Waals surface area contributed by atoms with E-state index in [0.717, 1.165) is 56.7 Å². The summed E-state index contributed by atoms with van der Waals surface area (Å²) in [5.41, 5.74) is 5.71. The molecule has 0 spiro atoms. The van der Waals surface area contributed by atoms with Crippen molar-refractivity contribution < 1.29 is 4.74 Å². The lowest BCUT2D eigenvalue weighted by Crippen LogP contribution is -2.11. The molecule has 35 heavy (non-hydrogen) atoms. The first-order chi connectivity index (χ1) is 17.1. The minimum Gasteiger partial charge on any atom is -0.490 e. The van der Waals surface area contributed by atoms with Gasteiger partial charge in [0.1, 0.15) is 11.4 Å². The molecule has 0 atom stereocenters. The Morgan fingerprint density at radius 1 is 0.857 bits per heavy atom. The second-order valence-electron chi connectivity index (χ2n) is 9.46. The summed E-state index contributed by atoms with van der Waals surface area (Å²) in [6, 6.07) is 6.88. The van der Waals surface area contributed by atoms with Crippen LogP contribution in [0, 0.1) is 13.8 Å². The van der Waals surface area contributed by atoms with Gasteiger partial charge in [-0.15, -0.1) is 0 Å². The quantitative estimate of drug-likeness (QED) is 0.332. The van der Waals surface area contributed by atoms with Crippen LogP contribution in [-0.2, 0) is 0 Å². The zero-order chi connectivity index (χ0) is 23.8. The minimum atomic E-state index is 0.332. The van der Waals surface area contributed by atoms with Crippen molar-refractivity contribution >= 4 is 16.5 Å². The largest absolute Gasteiger partial charge is 0.490 e.